The highest BCUT2D eigenvalue weighted by atomic mass is 32.2. The summed E-state index contributed by atoms with van der Waals surface area (Å²) in [7, 11) is -3.54. The number of aromatic nitrogens is 3. The molecule has 0 atom stereocenters. The molecule has 0 spiro atoms. The van der Waals surface area contributed by atoms with E-state index in [1.165, 1.54) is 0 Å². The Morgan fingerprint density at radius 3 is 2.79 bits per heavy atom. The summed E-state index contributed by atoms with van der Waals surface area (Å²) in [6, 6.07) is 11.2. The van der Waals surface area contributed by atoms with Gasteiger partial charge in [-0.05, 0) is 25.0 Å². The lowest BCUT2D eigenvalue weighted by molar-refractivity contribution is 0.445. The van der Waals surface area contributed by atoms with Crippen LogP contribution in [-0.2, 0) is 22.3 Å². The first kappa shape index (κ1) is 15.2. The summed E-state index contributed by atoms with van der Waals surface area (Å²) in [5, 5.41) is 8.78. The first-order valence-electron chi connectivity index (χ1n) is 7.73. The second-order valence-electron chi connectivity index (χ2n) is 5.88. The molecule has 124 valence electrons. The average Bonchev–Trinajstić information content (AvgIpc) is 3.31. The molecule has 7 nitrogen and oxygen atoms in total. The second-order valence-corrected chi connectivity index (χ2v) is 7.69. The fraction of sp³-hybridized carbons (Fsp3) is 0.312. The van der Waals surface area contributed by atoms with Gasteiger partial charge in [-0.15, -0.1) is 10.2 Å². The van der Waals surface area contributed by atoms with Crippen molar-refractivity contribution < 1.29 is 12.8 Å². The third-order valence-electron chi connectivity index (χ3n) is 3.85. The third kappa shape index (κ3) is 3.44. The van der Waals surface area contributed by atoms with E-state index in [0.717, 1.165) is 23.7 Å². The van der Waals surface area contributed by atoms with Gasteiger partial charge in [-0.25, -0.2) is 13.1 Å². The van der Waals surface area contributed by atoms with Crippen molar-refractivity contribution in [2.24, 2.45) is 0 Å². The largest absolute Gasteiger partial charge is 0.424 e. The molecular weight excluding hydrogens is 328 g/mol. The van der Waals surface area contributed by atoms with Gasteiger partial charge in [0, 0.05) is 11.3 Å². The van der Waals surface area contributed by atoms with Crippen LogP contribution in [0.4, 0.5) is 0 Å². The summed E-state index contributed by atoms with van der Waals surface area (Å²) in [6.07, 6.45) is 2.11. The van der Waals surface area contributed by atoms with Gasteiger partial charge >= 0.3 is 0 Å². The van der Waals surface area contributed by atoms with E-state index in [2.05, 4.69) is 19.9 Å². The summed E-state index contributed by atoms with van der Waals surface area (Å²) >= 11 is 0. The standard InChI is InChI=1S/C16H16N4O3S/c21-24(22,17-9-15-19-20-16(23-15)12-5-6-12)10-13-8-7-11-3-1-2-4-14(11)18-13/h1-4,7-8,12,17H,5-6,9-10H2. The van der Waals surface area contributed by atoms with Gasteiger partial charge in [-0.1, -0.05) is 24.3 Å². The van der Waals surface area contributed by atoms with Crippen LogP contribution in [0, 0.1) is 0 Å². The van der Waals surface area contributed by atoms with Crippen molar-refractivity contribution in [2.45, 2.75) is 31.1 Å². The normalized spacial score (nSPS) is 15.0. The van der Waals surface area contributed by atoms with Crippen LogP contribution in [0.1, 0.15) is 36.2 Å². The van der Waals surface area contributed by atoms with Crippen LogP contribution in [0.3, 0.4) is 0 Å². The maximum absolute atomic E-state index is 12.2. The van der Waals surface area contributed by atoms with Crippen molar-refractivity contribution in [3.8, 4) is 0 Å². The number of hydrogen-bond donors (Lipinski definition) is 1. The van der Waals surface area contributed by atoms with Crippen LogP contribution >= 0.6 is 0 Å². The molecule has 1 fully saturated rings. The van der Waals surface area contributed by atoms with Gasteiger partial charge in [-0.2, -0.15) is 0 Å². The summed E-state index contributed by atoms with van der Waals surface area (Å²) < 4.78 is 32.4. The number of sulfonamides is 1. The maximum atomic E-state index is 12.2. The summed E-state index contributed by atoms with van der Waals surface area (Å²) in [6.45, 7) is -0.00433. The SMILES string of the molecule is O=S(=O)(Cc1ccc2ccccc2n1)NCc1nnc(C2CC2)o1. The third-order valence-corrected chi connectivity index (χ3v) is 5.11. The predicted molar refractivity (Wildman–Crippen MR) is 87.5 cm³/mol. The molecule has 4 rings (SSSR count). The molecule has 1 N–H and O–H groups in total. The minimum atomic E-state index is -3.54. The molecule has 24 heavy (non-hydrogen) atoms. The van der Waals surface area contributed by atoms with E-state index in [1.807, 2.05) is 30.3 Å². The lowest BCUT2D eigenvalue weighted by Crippen LogP contribution is -2.25. The fourth-order valence-electron chi connectivity index (χ4n) is 2.44. The van der Waals surface area contributed by atoms with Crippen molar-refractivity contribution in [1.82, 2.24) is 19.9 Å². The zero-order valence-corrected chi connectivity index (χ0v) is 13.7. The molecule has 1 aliphatic rings. The molecule has 1 aliphatic carbocycles. The average molecular weight is 344 g/mol. The van der Waals surface area contributed by atoms with Crippen LogP contribution in [-0.4, -0.2) is 23.6 Å². The van der Waals surface area contributed by atoms with E-state index in [1.54, 1.807) is 6.07 Å². The Bertz CT molecular complexity index is 980. The topological polar surface area (TPSA) is 98.0 Å². The first-order chi connectivity index (χ1) is 11.6. The van der Waals surface area contributed by atoms with E-state index < -0.39 is 10.0 Å². The Hall–Kier alpha value is -2.32. The van der Waals surface area contributed by atoms with Crippen molar-refractivity contribution in [1.29, 1.82) is 0 Å². The Morgan fingerprint density at radius 2 is 1.96 bits per heavy atom. The molecule has 2 aromatic heterocycles. The maximum Gasteiger partial charge on any atom is 0.231 e. The molecule has 0 radical (unpaired) electrons. The monoisotopic (exact) mass is 344 g/mol. The van der Waals surface area contributed by atoms with Crippen molar-refractivity contribution in [3.63, 3.8) is 0 Å². The zero-order valence-electron chi connectivity index (χ0n) is 12.8. The van der Waals surface area contributed by atoms with Crippen LogP contribution in [0.15, 0.2) is 40.8 Å². The lowest BCUT2D eigenvalue weighted by atomic mass is 10.2. The Kier molecular flexibility index (Phi) is 3.78. The van der Waals surface area contributed by atoms with Crippen molar-refractivity contribution >= 4 is 20.9 Å². The summed E-state index contributed by atoms with van der Waals surface area (Å²) in [5.41, 5.74) is 1.27. The zero-order chi connectivity index (χ0) is 16.6. The molecule has 8 heteroatoms. The number of nitrogens with zero attached hydrogens (tertiary/aromatic N) is 3. The van der Waals surface area contributed by atoms with E-state index in [0.29, 0.717) is 17.5 Å². The van der Waals surface area contributed by atoms with Gasteiger partial charge in [0.05, 0.1) is 17.8 Å². The molecule has 1 saturated carbocycles. The van der Waals surface area contributed by atoms with Crippen molar-refractivity contribution in [2.75, 3.05) is 0 Å². The lowest BCUT2D eigenvalue weighted by Gasteiger charge is -2.05. The fourth-order valence-corrected chi connectivity index (χ4v) is 3.43. The van der Waals surface area contributed by atoms with E-state index in [-0.39, 0.29) is 18.2 Å². The van der Waals surface area contributed by atoms with E-state index in [4.69, 9.17) is 4.42 Å². The Balaban J connectivity index is 1.43. The van der Waals surface area contributed by atoms with Gasteiger partial charge in [-0.3, -0.25) is 4.98 Å². The van der Waals surface area contributed by atoms with Gasteiger partial charge in [0.1, 0.15) is 5.75 Å². The van der Waals surface area contributed by atoms with Gasteiger partial charge in [0.25, 0.3) is 0 Å². The van der Waals surface area contributed by atoms with Crippen LogP contribution < -0.4 is 4.72 Å². The highest BCUT2D eigenvalue weighted by Crippen LogP contribution is 2.38. The molecule has 3 aromatic rings. The number of hydrogen-bond acceptors (Lipinski definition) is 6. The highest BCUT2D eigenvalue weighted by molar-refractivity contribution is 7.88. The molecule has 1 aromatic carbocycles. The Morgan fingerprint density at radius 1 is 1.12 bits per heavy atom. The minimum absolute atomic E-state index is 0.00433. The molecule has 0 bridgehead atoms. The number of fused-ring (bicyclic) bond motifs is 1. The second kappa shape index (κ2) is 5.95. The van der Waals surface area contributed by atoms with E-state index in [9.17, 15) is 8.42 Å². The first-order valence-corrected chi connectivity index (χ1v) is 9.38. The quantitative estimate of drug-likeness (QED) is 0.735. The van der Waals surface area contributed by atoms with Gasteiger partial charge in [0.15, 0.2) is 0 Å². The molecular formula is C16H16N4O3S. The molecule has 0 saturated heterocycles. The van der Waals surface area contributed by atoms with Crippen LogP contribution in [0.5, 0.6) is 0 Å². The number of pyridine rings is 1. The van der Waals surface area contributed by atoms with Gasteiger partial charge in [0.2, 0.25) is 21.8 Å². The Labute approximate surface area is 139 Å². The van der Waals surface area contributed by atoms with E-state index >= 15 is 0 Å². The minimum Gasteiger partial charge on any atom is -0.424 e. The summed E-state index contributed by atoms with van der Waals surface area (Å²) in [5.74, 6) is 1.04. The van der Waals surface area contributed by atoms with Crippen LogP contribution in [0.25, 0.3) is 10.9 Å². The van der Waals surface area contributed by atoms with Gasteiger partial charge < -0.3 is 4.42 Å². The van der Waals surface area contributed by atoms with Crippen molar-refractivity contribution in [3.05, 3.63) is 53.9 Å². The predicted octanol–water partition coefficient (Wildman–Crippen LogP) is 2.11. The number of nitrogens with one attached hydrogen (secondary N) is 1. The smallest absolute Gasteiger partial charge is 0.231 e. The summed E-state index contributed by atoms with van der Waals surface area (Å²) in [4.78, 5) is 4.38. The molecule has 0 unspecified atom stereocenters. The molecule has 0 amide bonds. The number of benzene rings is 1. The molecule has 0 aliphatic heterocycles. The number of rotatable bonds is 6. The molecule has 2 heterocycles. The number of para-hydroxylation sites is 1. The van der Waals surface area contributed by atoms with Crippen LogP contribution in [0.2, 0.25) is 0 Å². The highest BCUT2D eigenvalue weighted by Gasteiger charge is 2.29.